The molecule has 0 amide bonds. The lowest BCUT2D eigenvalue weighted by atomic mass is 9.94. The van der Waals surface area contributed by atoms with Crippen molar-refractivity contribution in [3.8, 4) is 0 Å². The van der Waals surface area contributed by atoms with Crippen LogP contribution < -0.4 is 0 Å². The van der Waals surface area contributed by atoms with Gasteiger partial charge in [-0.3, -0.25) is 0 Å². The molecule has 3 rings (SSSR count). The molecule has 3 aliphatic carbocycles. The van der Waals surface area contributed by atoms with Crippen LogP contribution in [0.1, 0.15) is 32.1 Å². The summed E-state index contributed by atoms with van der Waals surface area (Å²) < 4.78 is 0. The molecule has 0 saturated heterocycles. The summed E-state index contributed by atoms with van der Waals surface area (Å²) in [6, 6.07) is 0. The Balaban J connectivity index is 2.05. The van der Waals surface area contributed by atoms with E-state index in [9.17, 15) is 0 Å². The first-order chi connectivity index (χ1) is 5.36. The van der Waals surface area contributed by atoms with Crippen LogP contribution in [-0.2, 0) is 0 Å². The van der Waals surface area contributed by atoms with Crippen molar-refractivity contribution in [3.63, 3.8) is 0 Å². The first kappa shape index (κ1) is 6.54. The highest BCUT2D eigenvalue weighted by atomic mass is 35.5. The van der Waals surface area contributed by atoms with E-state index in [-0.39, 0.29) is 0 Å². The standard InChI is InChI=1S/C10H13Cl/c11-9-4-3-8-6-1-2-7(5-6)10(8)9/h6-7,9H,1-5H2/t6-,7+,9-/m1/s1. The van der Waals surface area contributed by atoms with Gasteiger partial charge in [-0.05, 0) is 49.5 Å². The van der Waals surface area contributed by atoms with Gasteiger partial charge in [0, 0.05) is 0 Å². The van der Waals surface area contributed by atoms with Crippen molar-refractivity contribution in [2.75, 3.05) is 0 Å². The van der Waals surface area contributed by atoms with E-state index in [0.717, 1.165) is 11.8 Å². The van der Waals surface area contributed by atoms with Gasteiger partial charge in [0.15, 0.2) is 0 Å². The summed E-state index contributed by atoms with van der Waals surface area (Å²) in [4.78, 5) is 0. The molecule has 0 heterocycles. The van der Waals surface area contributed by atoms with Crippen molar-refractivity contribution < 1.29 is 0 Å². The van der Waals surface area contributed by atoms with Crippen LogP contribution in [0.3, 0.4) is 0 Å². The fraction of sp³-hybridized carbons (Fsp3) is 0.800. The third-order valence-corrected chi connectivity index (χ3v) is 4.19. The predicted octanol–water partition coefficient (Wildman–Crippen LogP) is 3.11. The minimum Gasteiger partial charge on any atom is -0.118 e. The molecular formula is C10H13Cl. The van der Waals surface area contributed by atoms with Gasteiger partial charge >= 0.3 is 0 Å². The maximum absolute atomic E-state index is 6.25. The fourth-order valence-corrected chi connectivity index (χ4v) is 3.75. The van der Waals surface area contributed by atoms with Crippen LogP contribution in [0.2, 0.25) is 0 Å². The van der Waals surface area contributed by atoms with Gasteiger partial charge in [-0.15, -0.1) is 11.6 Å². The maximum atomic E-state index is 6.25. The minimum atomic E-state index is 0.431. The summed E-state index contributed by atoms with van der Waals surface area (Å²) in [7, 11) is 0. The van der Waals surface area contributed by atoms with Crippen LogP contribution in [0.15, 0.2) is 11.1 Å². The van der Waals surface area contributed by atoms with E-state index < -0.39 is 0 Å². The zero-order valence-corrected chi connectivity index (χ0v) is 7.40. The number of rotatable bonds is 0. The predicted molar refractivity (Wildman–Crippen MR) is 46.7 cm³/mol. The van der Waals surface area contributed by atoms with Gasteiger partial charge in [-0.2, -0.15) is 0 Å². The Morgan fingerprint density at radius 2 is 1.91 bits per heavy atom. The topological polar surface area (TPSA) is 0 Å². The zero-order chi connectivity index (χ0) is 7.42. The molecule has 0 nitrogen and oxygen atoms in total. The lowest BCUT2D eigenvalue weighted by Crippen LogP contribution is -2.05. The molecular weight excluding hydrogens is 156 g/mol. The number of allylic oxidation sites excluding steroid dienone is 2. The first-order valence-electron chi connectivity index (χ1n) is 4.73. The van der Waals surface area contributed by atoms with Crippen molar-refractivity contribution in [1.82, 2.24) is 0 Å². The Labute approximate surface area is 72.6 Å². The molecule has 11 heavy (non-hydrogen) atoms. The van der Waals surface area contributed by atoms with Crippen molar-refractivity contribution in [2.24, 2.45) is 11.8 Å². The number of hydrogen-bond donors (Lipinski definition) is 0. The van der Waals surface area contributed by atoms with E-state index in [4.69, 9.17) is 11.6 Å². The zero-order valence-electron chi connectivity index (χ0n) is 6.65. The van der Waals surface area contributed by atoms with Gasteiger partial charge < -0.3 is 0 Å². The van der Waals surface area contributed by atoms with Crippen molar-refractivity contribution >= 4 is 11.6 Å². The number of alkyl halides is 1. The van der Waals surface area contributed by atoms with E-state index in [1.807, 2.05) is 0 Å². The molecule has 0 spiro atoms. The molecule has 0 unspecified atom stereocenters. The molecule has 1 heteroatoms. The van der Waals surface area contributed by atoms with Gasteiger partial charge in [0.1, 0.15) is 0 Å². The van der Waals surface area contributed by atoms with E-state index in [0.29, 0.717) is 5.38 Å². The number of halogens is 1. The molecule has 0 radical (unpaired) electrons. The molecule has 2 bridgehead atoms. The Morgan fingerprint density at radius 3 is 2.73 bits per heavy atom. The summed E-state index contributed by atoms with van der Waals surface area (Å²) in [5.41, 5.74) is 3.46. The van der Waals surface area contributed by atoms with Gasteiger partial charge in [0.05, 0.1) is 5.38 Å². The van der Waals surface area contributed by atoms with Gasteiger partial charge in [-0.1, -0.05) is 5.57 Å². The highest BCUT2D eigenvalue weighted by molar-refractivity contribution is 6.22. The first-order valence-corrected chi connectivity index (χ1v) is 5.17. The average Bonchev–Trinajstić information content (AvgIpc) is 2.60. The summed E-state index contributed by atoms with van der Waals surface area (Å²) >= 11 is 6.25. The van der Waals surface area contributed by atoms with E-state index in [1.165, 1.54) is 32.1 Å². The van der Waals surface area contributed by atoms with Gasteiger partial charge in [0.25, 0.3) is 0 Å². The second-order valence-corrected chi connectivity index (χ2v) is 4.72. The van der Waals surface area contributed by atoms with E-state index in [1.54, 1.807) is 11.1 Å². The molecule has 60 valence electrons. The fourth-order valence-electron chi connectivity index (χ4n) is 3.32. The van der Waals surface area contributed by atoms with Crippen LogP contribution in [0, 0.1) is 11.8 Å². The highest BCUT2D eigenvalue weighted by Crippen LogP contribution is 2.55. The number of fused-ring (bicyclic) bond motifs is 4. The third-order valence-electron chi connectivity index (χ3n) is 3.74. The molecule has 3 aliphatic rings. The summed E-state index contributed by atoms with van der Waals surface area (Å²) in [5.74, 6) is 1.89. The minimum absolute atomic E-state index is 0.431. The monoisotopic (exact) mass is 168 g/mol. The molecule has 0 aliphatic heterocycles. The average molecular weight is 169 g/mol. The smallest absolute Gasteiger partial charge is 0.0553 e. The summed E-state index contributed by atoms with van der Waals surface area (Å²) in [6.45, 7) is 0. The van der Waals surface area contributed by atoms with Crippen LogP contribution in [0.5, 0.6) is 0 Å². The second kappa shape index (κ2) is 2.04. The molecule has 0 aromatic rings. The Kier molecular flexibility index (Phi) is 1.21. The summed E-state index contributed by atoms with van der Waals surface area (Å²) in [5, 5.41) is 0.431. The Hall–Kier alpha value is 0.0300. The quantitative estimate of drug-likeness (QED) is 0.385. The normalized spacial score (nSPS) is 47.2. The maximum Gasteiger partial charge on any atom is 0.0553 e. The summed E-state index contributed by atoms with van der Waals surface area (Å²) in [6.07, 6.45) is 6.91. The lowest BCUT2D eigenvalue weighted by molar-refractivity contribution is 0.616. The largest absolute Gasteiger partial charge is 0.118 e. The Morgan fingerprint density at radius 1 is 1.09 bits per heavy atom. The number of hydrogen-bond acceptors (Lipinski definition) is 0. The molecule has 3 atom stereocenters. The van der Waals surface area contributed by atoms with Crippen molar-refractivity contribution in [1.29, 1.82) is 0 Å². The molecule has 0 N–H and O–H groups in total. The van der Waals surface area contributed by atoms with E-state index >= 15 is 0 Å². The van der Waals surface area contributed by atoms with Crippen molar-refractivity contribution in [3.05, 3.63) is 11.1 Å². The van der Waals surface area contributed by atoms with Crippen LogP contribution in [0.25, 0.3) is 0 Å². The van der Waals surface area contributed by atoms with Gasteiger partial charge in [0.2, 0.25) is 0 Å². The lowest BCUT2D eigenvalue weighted by Gasteiger charge is -2.14. The molecule has 0 aromatic heterocycles. The Bertz CT molecular complexity index is 229. The SMILES string of the molecule is Cl[C@@H]1CCC2=C1[C@H]1CC[C@@H]2C1. The highest BCUT2D eigenvalue weighted by Gasteiger charge is 2.43. The van der Waals surface area contributed by atoms with Crippen LogP contribution >= 0.6 is 11.6 Å². The van der Waals surface area contributed by atoms with Crippen LogP contribution in [0.4, 0.5) is 0 Å². The van der Waals surface area contributed by atoms with Crippen LogP contribution in [-0.4, -0.2) is 5.38 Å². The second-order valence-electron chi connectivity index (χ2n) is 4.19. The third kappa shape index (κ3) is 0.717. The molecule has 0 aromatic carbocycles. The molecule has 1 saturated carbocycles. The van der Waals surface area contributed by atoms with E-state index in [2.05, 4.69) is 0 Å². The van der Waals surface area contributed by atoms with Crippen molar-refractivity contribution in [2.45, 2.75) is 37.5 Å². The van der Waals surface area contributed by atoms with Gasteiger partial charge in [-0.25, -0.2) is 0 Å². The molecule has 1 fully saturated rings.